The normalized spacial score (nSPS) is 17.3. The van der Waals surface area contributed by atoms with Gasteiger partial charge < -0.3 is 14.2 Å². The molecule has 6 rings (SSSR count). The molecule has 0 spiro atoms. The molecule has 2 saturated heterocycles. The number of alkyl halides is 3. The number of hydrogen-bond donors (Lipinski definition) is 0. The Hall–Kier alpha value is -3.96. The van der Waals surface area contributed by atoms with Crippen LogP contribution in [0.15, 0.2) is 60.9 Å². The number of halogens is 3. The van der Waals surface area contributed by atoms with Crippen LogP contribution >= 0.6 is 0 Å². The summed E-state index contributed by atoms with van der Waals surface area (Å²) in [6.45, 7) is 5.85. The number of nitrogens with zero attached hydrogens (tertiary/aromatic N) is 6. The predicted molar refractivity (Wildman–Crippen MR) is 161 cm³/mol. The van der Waals surface area contributed by atoms with Crippen molar-refractivity contribution in [3.63, 3.8) is 0 Å². The van der Waals surface area contributed by atoms with E-state index in [1.807, 2.05) is 41.0 Å². The molecule has 5 heterocycles. The molecule has 1 amide bonds. The van der Waals surface area contributed by atoms with Gasteiger partial charge in [-0.15, -0.1) is 0 Å². The first-order valence-corrected chi connectivity index (χ1v) is 15.0. The fraction of sp³-hybridized carbons (Fsp3) is 0.424. The van der Waals surface area contributed by atoms with Crippen LogP contribution in [-0.2, 0) is 26.3 Å². The quantitative estimate of drug-likeness (QED) is 0.283. The van der Waals surface area contributed by atoms with Crippen molar-refractivity contribution in [2.75, 3.05) is 46.4 Å². The Bertz CT molecular complexity index is 1590. The average molecular weight is 607 g/mol. The van der Waals surface area contributed by atoms with Gasteiger partial charge in [0.15, 0.2) is 0 Å². The van der Waals surface area contributed by atoms with Gasteiger partial charge in [-0.2, -0.15) is 13.2 Å². The van der Waals surface area contributed by atoms with Crippen LogP contribution in [-0.4, -0.2) is 81.5 Å². The number of piperazine rings is 1. The van der Waals surface area contributed by atoms with Gasteiger partial charge in [0.1, 0.15) is 5.69 Å². The first kappa shape index (κ1) is 30.1. The topological polar surface area (TPSA) is 66.7 Å². The SMILES string of the molecule is COc1ccc(CN2CCC(c3cc4cc(C(=O)N5CCN(Cc6ccc(C(F)(F)F)cc6)CC5)n(C)c4cn3)CC2)cn1. The number of rotatable bonds is 7. The summed E-state index contributed by atoms with van der Waals surface area (Å²) in [6, 6.07) is 13.4. The van der Waals surface area contributed by atoms with E-state index in [2.05, 4.69) is 26.9 Å². The summed E-state index contributed by atoms with van der Waals surface area (Å²) >= 11 is 0. The lowest BCUT2D eigenvalue weighted by atomic mass is 9.92. The number of benzene rings is 1. The number of ether oxygens (including phenoxy) is 1. The van der Waals surface area contributed by atoms with Crippen molar-refractivity contribution in [3.8, 4) is 5.88 Å². The summed E-state index contributed by atoms with van der Waals surface area (Å²) in [6.07, 6.45) is 1.48. The highest BCUT2D eigenvalue weighted by molar-refractivity contribution is 5.98. The summed E-state index contributed by atoms with van der Waals surface area (Å²) in [5, 5.41) is 1.02. The third kappa shape index (κ3) is 6.58. The summed E-state index contributed by atoms with van der Waals surface area (Å²) in [5.41, 5.74) is 4.00. The molecule has 0 aliphatic carbocycles. The smallest absolute Gasteiger partial charge is 0.416 e. The fourth-order valence-electron chi connectivity index (χ4n) is 6.28. The maximum Gasteiger partial charge on any atom is 0.416 e. The Morgan fingerprint density at radius 1 is 0.864 bits per heavy atom. The van der Waals surface area contributed by atoms with E-state index in [-0.39, 0.29) is 5.91 Å². The zero-order chi connectivity index (χ0) is 30.8. The summed E-state index contributed by atoms with van der Waals surface area (Å²) in [4.78, 5) is 29.1. The monoisotopic (exact) mass is 606 g/mol. The van der Waals surface area contributed by atoms with E-state index in [9.17, 15) is 18.0 Å². The molecular weight excluding hydrogens is 569 g/mol. The number of fused-ring (bicyclic) bond motifs is 1. The molecule has 0 unspecified atom stereocenters. The van der Waals surface area contributed by atoms with Gasteiger partial charge in [-0.05, 0) is 61.3 Å². The minimum Gasteiger partial charge on any atom is -0.481 e. The maximum atomic E-state index is 13.5. The zero-order valence-electron chi connectivity index (χ0n) is 25.1. The molecule has 1 aromatic carbocycles. The van der Waals surface area contributed by atoms with E-state index in [1.54, 1.807) is 7.11 Å². The first-order chi connectivity index (χ1) is 21.2. The highest BCUT2D eigenvalue weighted by Gasteiger charge is 2.30. The molecule has 0 radical (unpaired) electrons. The van der Waals surface area contributed by atoms with E-state index < -0.39 is 11.7 Å². The van der Waals surface area contributed by atoms with Crippen molar-refractivity contribution in [1.29, 1.82) is 0 Å². The third-order valence-electron chi connectivity index (χ3n) is 8.93. The maximum absolute atomic E-state index is 13.5. The number of pyridine rings is 2. The van der Waals surface area contributed by atoms with Gasteiger partial charge in [-0.1, -0.05) is 18.2 Å². The van der Waals surface area contributed by atoms with Crippen molar-refractivity contribution in [1.82, 2.24) is 29.2 Å². The lowest BCUT2D eigenvalue weighted by Gasteiger charge is -2.34. The summed E-state index contributed by atoms with van der Waals surface area (Å²) in [7, 11) is 3.53. The van der Waals surface area contributed by atoms with E-state index in [0.717, 1.165) is 66.8 Å². The number of carbonyl (C=O) groups excluding carboxylic acids is 1. The summed E-state index contributed by atoms with van der Waals surface area (Å²) in [5.74, 6) is 0.986. The molecule has 11 heteroatoms. The molecule has 44 heavy (non-hydrogen) atoms. The van der Waals surface area contributed by atoms with Crippen LogP contribution in [0.4, 0.5) is 13.2 Å². The standard InChI is InChI=1S/C33H37F3N6O2/c1-39-29(32(43)42-15-13-41(14-16-42)21-23-3-6-27(7-4-23)33(34,35)36)18-26-17-28(37-20-30(26)39)25-9-11-40(12-10-25)22-24-5-8-31(44-2)38-19-24/h3-8,17-20,25H,9-16,21-22H2,1-2H3. The minimum atomic E-state index is -4.33. The van der Waals surface area contributed by atoms with E-state index >= 15 is 0 Å². The molecule has 0 N–H and O–H groups in total. The second kappa shape index (κ2) is 12.6. The molecular formula is C33H37F3N6O2. The van der Waals surface area contributed by atoms with Crippen LogP contribution in [0.5, 0.6) is 5.88 Å². The van der Waals surface area contributed by atoms with Crippen molar-refractivity contribution in [3.05, 3.63) is 89.0 Å². The molecule has 4 aromatic rings. The van der Waals surface area contributed by atoms with Crippen LogP contribution in [0.25, 0.3) is 10.9 Å². The Morgan fingerprint density at radius 3 is 2.16 bits per heavy atom. The number of amides is 1. The highest BCUT2D eigenvalue weighted by Crippen LogP contribution is 2.31. The molecule has 0 atom stereocenters. The van der Waals surface area contributed by atoms with Crippen molar-refractivity contribution >= 4 is 16.8 Å². The van der Waals surface area contributed by atoms with Crippen LogP contribution in [0.3, 0.4) is 0 Å². The van der Waals surface area contributed by atoms with Crippen molar-refractivity contribution in [2.24, 2.45) is 7.05 Å². The summed E-state index contributed by atoms with van der Waals surface area (Å²) < 4.78 is 45.7. The fourth-order valence-corrected chi connectivity index (χ4v) is 6.28. The van der Waals surface area contributed by atoms with E-state index in [1.165, 1.54) is 17.7 Å². The van der Waals surface area contributed by atoms with Gasteiger partial charge in [0.05, 0.1) is 24.4 Å². The second-order valence-electron chi connectivity index (χ2n) is 11.8. The van der Waals surface area contributed by atoms with E-state index in [4.69, 9.17) is 9.72 Å². The van der Waals surface area contributed by atoms with Gasteiger partial charge in [-0.25, -0.2) is 4.98 Å². The lowest BCUT2D eigenvalue weighted by molar-refractivity contribution is -0.137. The Kier molecular flexibility index (Phi) is 8.59. The number of methoxy groups -OCH3 is 1. The van der Waals surface area contributed by atoms with Gasteiger partial charge in [0, 0.05) is 75.6 Å². The number of hydrogen-bond acceptors (Lipinski definition) is 6. The lowest BCUT2D eigenvalue weighted by Crippen LogP contribution is -2.48. The number of aromatic nitrogens is 3. The average Bonchev–Trinajstić information content (AvgIpc) is 3.37. The molecule has 2 aliphatic rings. The minimum absolute atomic E-state index is 0.0132. The Balaban J connectivity index is 1.04. The molecule has 232 valence electrons. The molecule has 0 saturated carbocycles. The van der Waals surface area contributed by atoms with Crippen molar-refractivity contribution in [2.45, 2.75) is 38.0 Å². The number of likely N-dealkylation sites (tertiary alicyclic amines) is 1. The number of carbonyl (C=O) groups is 1. The molecule has 0 bridgehead atoms. The third-order valence-corrected chi connectivity index (χ3v) is 8.93. The first-order valence-electron chi connectivity index (χ1n) is 15.0. The Labute approximate surface area is 255 Å². The van der Waals surface area contributed by atoms with Gasteiger partial charge in [0.25, 0.3) is 5.91 Å². The molecule has 2 aliphatic heterocycles. The van der Waals surface area contributed by atoms with Crippen LogP contribution in [0.1, 0.15) is 51.6 Å². The number of aryl methyl sites for hydroxylation is 1. The second-order valence-corrected chi connectivity index (χ2v) is 11.8. The van der Waals surface area contributed by atoms with Crippen molar-refractivity contribution < 1.29 is 22.7 Å². The van der Waals surface area contributed by atoms with Gasteiger partial charge >= 0.3 is 6.18 Å². The van der Waals surface area contributed by atoms with Gasteiger partial charge in [-0.3, -0.25) is 19.6 Å². The van der Waals surface area contributed by atoms with Crippen LogP contribution in [0.2, 0.25) is 0 Å². The van der Waals surface area contributed by atoms with Crippen LogP contribution < -0.4 is 4.74 Å². The highest BCUT2D eigenvalue weighted by atomic mass is 19.4. The number of piperidine rings is 1. The molecule has 3 aromatic heterocycles. The van der Waals surface area contributed by atoms with E-state index in [0.29, 0.717) is 50.2 Å². The largest absolute Gasteiger partial charge is 0.481 e. The predicted octanol–water partition coefficient (Wildman–Crippen LogP) is 5.33. The molecule has 8 nitrogen and oxygen atoms in total. The van der Waals surface area contributed by atoms with Crippen LogP contribution in [0, 0.1) is 0 Å². The Morgan fingerprint density at radius 2 is 1.52 bits per heavy atom. The molecule has 2 fully saturated rings. The zero-order valence-corrected chi connectivity index (χ0v) is 25.1. The van der Waals surface area contributed by atoms with Gasteiger partial charge in [0.2, 0.25) is 5.88 Å².